The van der Waals surface area contributed by atoms with Crippen LogP contribution < -0.4 is 0 Å². The molecule has 3 heterocycles. The molecule has 142 valence electrons. The maximum atomic E-state index is 12.7. The van der Waals surface area contributed by atoms with Crippen molar-refractivity contribution in [3.05, 3.63) is 57.8 Å². The van der Waals surface area contributed by atoms with E-state index in [0.717, 1.165) is 29.7 Å². The third-order valence-electron chi connectivity index (χ3n) is 5.52. The molecule has 2 aromatic rings. The topological polar surface area (TPSA) is 49.9 Å². The van der Waals surface area contributed by atoms with E-state index in [2.05, 4.69) is 12.1 Å². The molecule has 27 heavy (non-hydrogen) atoms. The van der Waals surface area contributed by atoms with Gasteiger partial charge in [-0.15, -0.1) is 11.3 Å². The van der Waals surface area contributed by atoms with Crippen LogP contribution in [0.4, 0.5) is 4.79 Å². The van der Waals surface area contributed by atoms with E-state index in [1.165, 1.54) is 16.9 Å². The average molecular weight is 385 g/mol. The van der Waals surface area contributed by atoms with Crippen molar-refractivity contribution in [2.45, 2.75) is 38.3 Å². The number of rotatable bonds is 4. The van der Waals surface area contributed by atoms with Crippen LogP contribution in [0.15, 0.2) is 41.8 Å². The molecule has 1 aromatic carbocycles. The number of hydrogen-bond donors (Lipinski definition) is 0. The lowest BCUT2D eigenvalue weighted by Gasteiger charge is -2.37. The van der Waals surface area contributed by atoms with Gasteiger partial charge >= 0.3 is 6.09 Å². The molecule has 5 nitrogen and oxygen atoms in total. The van der Waals surface area contributed by atoms with Crippen molar-refractivity contribution >= 4 is 23.3 Å². The summed E-state index contributed by atoms with van der Waals surface area (Å²) in [5.74, 6) is 0.116. The Morgan fingerprint density at radius 2 is 1.93 bits per heavy atom. The molecule has 2 aliphatic heterocycles. The molecule has 1 aromatic heterocycles. The summed E-state index contributed by atoms with van der Waals surface area (Å²) < 4.78 is 5.36. The van der Waals surface area contributed by atoms with Gasteiger partial charge in [0.05, 0.1) is 10.9 Å². The first kappa shape index (κ1) is 18.0. The van der Waals surface area contributed by atoms with Gasteiger partial charge in [0, 0.05) is 19.1 Å². The molecule has 0 saturated carbocycles. The summed E-state index contributed by atoms with van der Waals surface area (Å²) in [6.45, 7) is 3.79. The van der Waals surface area contributed by atoms with E-state index in [9.17, 15) is 9.59 Å². The normalized spacial score (nSPS) is 20.8. The number of piperidine rings is 1. The van der Waals surface area contributed by atoms with E-state index >= 15 is 0 Å². The zero-order chi connectivity index (χ0) is 18.8. The summed E-state index contributed by atoms with van der Waals surface area (Å²) in [5, 5.41) is 1.96. The summed E-state index contributed by atoms with van der Waals surface area (Å²) in [6.07, 6.45) is 2.20. The molecule has 4 rings (SSSR count). The molecule has 0 aliphatic carbocycles. The van der Waals surface area contributed by atoms with Crippen LogP contribution in [0.5, 0.6) is 0 Å². The monoisotopic (exact) mass is 384 g/mol. The molecular weight excluding hydrogens is 360 g/mol. The number of carbonyl (C=O) groups excluding carboxylic acids is 2. The highest BCUT2D eigenvalue weighted by molar-refractivity contribution is 7.12. The Hall–Kier alpha value is -2.34. The Morgan fingerprint density at radius 1 is 1.19 bits per heavy atom. The SMILES string of the molecule is Cc1ccsc1C(=O)N1CCC(N2C(=O)OCC2Cc2ccccc2)CC1. The van der Waals surface area contributed by atoms with E-state index in [1.54, 1.807) is 0 Å². The van der Waals surface area contributed by atoms with E-state index in [0.29, 0.717) is 19.7 Å². The number of hydrogen-bond acceptors (Lipinski definition) is 4. The van der Waals surface area contributed by atoms with Crippen LogP contribution in [-0.4, -0.2) is 53.6 Å². The lowest BCUT2D eigenvalue weighted by molar-refractivity contribution is 0.0641. The quantitative estimate of drug-likeness (QED) is 0.807. The van der Waals surface area contributed by atoms with Crippen molar-refractivity contribution in [3.63, 3.8) is 0 Å². The lowest BCUT2D eigenvalue weighted by atomic mass is 9.99. The Labute approximate surface area is 163 Å². The summed E-state index contributed by atoms with van der Waals surface area (Å²) in [4.78, 5) is 29.7. The van der Waals surface area contributed by atoms with Crippen molar-refractivity contribution in [3.8, 4) is 0 Å². The van der Waals surface area contributed by atoms with Crippen molar-refractivity contribution in [2.75, 3.05) is 19.7 Å². The first-order valence-corrected chi connectivity index (χ1v) is 10.3. The standard InChI is InChI=1S/C21H24N2O3S/c1-15-9-12-27-19(15)20(24)22-10-7-17(8-11-22)23-18(14-26-21(23)25)13-16-5-3-2-4-6-16/h2-6,9,12,17-18H,7-8,10-11,13-14H2,1H3. The largest absolute Gasteiger partial charge is 0.447 e. The first-order chi connectivity index (χ1) is 13.1. The van der Waals surface area contributed by atoms with Crippen LogP contribution in [0.1, 0.15) is 33.6 Å². The van der Waals surface area contributed by atoms with Crippen LogP contribution in [0.25, 0.3) is 0 Å². The van der Waals surface area contributed by atoms with Gasteiger partial charge in [-0.2, -0.15) is 0 Å². The van der Waals surface area contributed by atoms with Gasteiger partial charge in [0.1, 0.15) is 6.61 Å². The molecule has 2 amide bonds. The lowest BCUT2D eigenvalue weighted by Crippen LogP contribution is -2.50. The van der Waals surface area contributed by atoms with Gasteiger partial charge in [0.2, 0.25) is 0 Å². The van der Waals surface area contributed by atoms with E-state index in [-0.39, 0.29) is 24.1 Å². The summed E-state index contributed by atoms with van der Waals surface area (Å²) in [5.41, 5.74) is 2.25. The fourth-order valence-electron chi connectivity index (χ4n) is 4.04. The predicted octanol–water partition coefficient (Wildman–Crippen LogP) is 3.72. The molecule has 6 heteroatoms. The Morgan fingerprint density at radius 3 is 2.59 bits per heavy atom. The summed E-state index contributed by atoms with van der Waals surface area (Å²) in [6, 6.07) is 12.4. The van der Waals surface area contributed by atoms with E-state index in [1.807, 2.05) is 46.4 Å². The third-order valence-corrected chi connectivity index (χ3v) is 6.52. The van der Waals surface area contributed by atoms with Crippen molar-refractivity contribution < 1.29 is 14.3 Å². The Balaban J connectivity index is 1.39. The number of ether oxygens (including phenoxy) is 1. The van der Waals surface area contributed by atoms with Crippen molar-refractivity contribution in [2.24, 2.45) is 0 Å². The summed E-state index contributed by atoms with van der Waals surface area (Å²) in [7, 11) is 0. The molecule has 0 bridgehead atoms. The second-order valence-electron chi connectivity index (χ2n) is 7.28. The van der Waals surface area contributed by atoms with Gasteiger partial charge in [0.25, 0.3) is 5.91 Å². The zero-order valence-corrected chi connectivity index (χ0v) is 16.3. The molecular formula is C21H24N2O3S. The van der Waals surface area contributed by atoms with E-state index < -0.39 is 0 Å². The maximum Gasteiger partial charge on any atom is 0.410 e. The molecule has 0 N–H and O–H groups in total. The highest BCUT2D eigenvalue weighted by Crippen LogP contribution is 2.27. The molecule has 2 fully saturated rings. The number of cyclic esters (lactones) is 1. The minimum Gasteiger partial charge on any atom is -0.447 e. The molecule has 0 radical (unpaired) electrons. The van der Waals surface area contributed by atoms with Gasteiger partial charge < -0.3 is 9.64 Å². The smallest absolute Gasteiger partial charge is 0.410 e. The van der Waals surface area contributed by atoms with Gasteiger partial charge in [-0.1, -0.05) is 30.3 Å². The van der Waals surface area contributed by atoms with Crippen LogP contribution >= 0.6 is 11.3 Å². The zero-order valence-electron chi connectivity index (χ0n) is 15.5. The van der Waals surface area contributed by atoms with E-state index in [4.69, 9.17) is 4.74 Å². The van der Waals surface area contributed by atoms with Gasteiger partial charge in [-0.3, -0.25) is 9.69 Å². The van der Waals surface area contributed by atoms with Crippen molar-refractivity contribution in [1.82, 2.24) is 9.80 Å². The molecule has 0 spiro atoms. The second-order valence-corrected chi connectivity index (χ2v) is 8.20. The Bertz CT molecular complexity index is 812. The maximum absolute atomic E-state index is 12.7. The van der Waals surface area contributed by atoms with Crippen LogP contribution in [-0.2, 0) is 11.2 Å². The summed E-state index contributed by atoms with van der Waals surface area (Å²) >= 11 is 1.50. The van der Waals surface area contributed by atoms with Gasteiger partial charge in [-0.05, 0) is 48.8 Å². The minimum atomic E-state index is -0.213. The van der Waals surface area contributed by atoms with Crippen LogP contribution in [0, 0.1) is 6.92 Å². The van der Waals surface area contributed by atoms with Gasteiger partial charge in [-0.25, -0.2) is 4.79 Å². The number of thiophene rings is 1. The number of benzene rings is 1. The molecule has 1 unspecified atom stereocenters. The van der Waals surface area contributed by atoms with Crippen LogP contribution in [0.3, 0.4) is 0 Å². The number of nitrogens with zero attached hydrogens (tertiary/aromatic N) is 2. The van der Waals surface area contributed by atoms with Crippen LogP contribution in [0.2, 0.25) is 0 Å². The number of amides is 2. The number of carbonyl (C=O) groups is 2. The highest BCUT2D eigenvalue weighted by atomic mass is 32.1. The minimum absolute atomic E-state index is 0.0756. The number of aryl methyl sites for hydroxylation is 1. The molecule has 2 aliphatic rings. The first-order valence-electron chi connectivity index (χ1n) is 9.46. The van der Waals surface area contributed by atoms with Crippen molar-refractivity contribution in [1.29, 1.82) is 0 Å². The second kappa shape index (κ2) is 7.72. The third kappa shape index (κ3) is 3.72. The molecule has 1 atom stereocenters. The average Bonchev–Trinajstić information content (AvgIpc) is 3.28. The number of likely N-dealkylation sites (tertiary alicyclic amines) is 1. The predicted molar refractivity (Wildman–Crippen MR) is 105 cm³/mol. The Kier molecular flexibility index (Phi) is 5.16. The fraction of sp³-hybridized carbons (Fsp3) is 0.429. The molecule has 2 saturated heterocycles. The highest BCUT2D eigenvalue weighted by Gasteiger charge is 2.40. The fourth-order valence-corrected chi connectivity index (χ4v) is 4.94. The van der Waals surface area contributed by atoms with Gasteiger partial charge in [0.15, 0.2) is 0 Å².